The summed E-state index contributed by atoms with van der Waals surface area (Å²) in [4.78, 5) is 28.7. The minimum atomic E-state index is -0.663. The highest BCUT2D eigenvalue weighted by molar-refractivity contribution is 7.13. The van der Waals surface area contributed by atoms with Gasteiger partial charge in [0, 0.05) is 29.6 Å². The zero-order valence-corrected chi connectivity index (χ0v) is 17.0. The first kappa shape index (κ1) is 19.8. The quantitative estimate of drug-likeness (QED) is 0.643. The van der Waals surface area contributed by atoms with Gasteiger partial charge < -0.3 is 10.6 Å². The summed E-state index contributed by atoms with van der Waals surface area (Å²) in [5.41, 5.74) is 5.88. The second kappa shape index (κ2) is 8.80. The number of carbonyl (C=O) groups is 2. The van der Waals surface area contributed by atoms with E-state index in [9.17, 15) is 9.59 Å². The number of thiazole rings is 1. The van der Waals surface area contributed by atoms with Crippen molar-refractivity contribution in [1.82, 2.24) is 10.3 Å². The lowest BCUT2D eigenvalue weighted by Crippen LogP contribution is -2.36. The Morgan fingerprint density at radius 2 is 1.61 bits per heavy atom. The number of rotatable bonds is 5. The third kappa shape index (κ3) is 5.27. The molecule has 0 aliphatic carbocycles. The van der Waals surface area contributed by atoms with Crippen LogP contribution in [-0.4, -0.2) is 23.3 Å². The fraction of sp³-hybridized carbons (Fsp3) is 0.227. The molecule has 0 saturated heterocycles. The number of hydrogen-bond donors (Lipinski definition) is 2. The van der Waals surface area contributed by atoms with E-state index >= 15 is 0 Å². The van der Waals surface area contributed by atoms with Crippen molar-refractivity contribution in [2.24, 2.45) is 0 Å². The largest absolute Gasteiger partial charge is 0.347 e. The van der Waals surface area contributed by atoms with E-state index in [-0.39, 0.29) is 0 Å². The second-order valence-corrected chi connectivity index (χ2v) is 7.70. The van der Waals surface area contributed by atoms with Crippen LogP contribution in [0.4, 0.5) is 5.69 Å². The summed E-state index contributed by atoms with van der Waals surface area (Å²) >= 11 is 1.57. The molecule has 2 amide bonds. The van der Waals surface area contributed by atoms with Gasteiger partial charge in [-0.05, 0) is 44.0 Å². The first-order valence-electron chi connectivity index (χ1n) is 9.09. The molecule has 28 heavy (non-hydrogen) atoms. The molecule has 1 aromatic heterocycles. The van der Waals surface area contributed by atoms with Gasteiger partial charge in [-0.25, -0.2) is 4.98 Å². The molecule has 0 fully saturated rings. The maximum Gasteiger partial charge on any atom is 0.313 e. The summed E-state index contributed by atoms with van der Waals surface area (Å²) in [6.45, 7) is 6.30. The summed E-state index contributed by atoms with van der Waals surface area (Å²) in [6.07, 6.45) is 0.574. The van der Waals surface area contributed by atoms with Crippen molar-refractivity contribution >= 4 is 28.8 Å². The molecule has 0 bridgehead atoms. The fourth-order valence-corrected chi connectivity index (χ4v) is 3.73. The Kier molecular flexibility index (Phi) is 6.21. The monoisotopic (exact) mass is 393 g/mol. The van der Waals surface area contributed by atoms with Crippen molar-refractivity contribution < 1.29 is 9.59 Å². The van der Waals surface area contributed by atoms with Crippen LogP contribution in [-0.2, 0) is 16.0 Å². The van der Waals surface area contributed by atoms with Crippen LogP contribution in [0.1, 0.15) is 22.4 Å². The van der Waals surface area contributed by atoms with Crippen LogP contribution in [0, 0.1) is 20.8 Å². The third-order valence-electron chi connectivity index (χ3n) is 4.20. The molecular weight excluding hydrogens is 370 g/mol. The average molecular weight is 394 g/mol. The normalized spacial score (nSPS) is 10.5. The lowest BCUT2D eigenvalue weighted by Gasteiger charge is -2.08. The van der Waals surface area contributed by atoms with Crippen molar-refractivity contribution in [3.63, 3.8) is 0 Å². The van der Waals surface area contributed by atoms with Gasteiger partial charge in [-0.15, -0.1) is 11.3 Å². The molecule has 5 nitrogen and oxygen atoms in total. The summed E-state index contributed by atoms with van der Waals surface area (Å²) < 4.78 is 0. The molecule has 2 N–H and O–H groups in total. The van der Waals surface area contributed by atoms with Gasteiger partial charge in [-0.1, -0.05) is 35.9 Å². The summed E-state index contributed by atoms with van der Waals surface area (Å²) in [5.74, 6) is -1.31. The van der Waals surface area contributed by atoms with E-state index in [1.54, 1.807) is 11.3 Å². The van der Waals surface area contributed by atoms with Crippen LogP contribution in [0.5, 0.6) is 0 Å². The SMILES string of the molecule is Cc1ccc(-c2nc(CCNC(=O)C(=O)Nc3cc(C)cc(C)c3)cs2)cc1. The Bertz CT molecular complexity index is 973. The molecule has 144 valence electrons. The zero-order valence-electron chi connectivity index (χ0n) is 16.2. The van der Waals surface area contributed by atoms with E-state index in [1.165, 1.54) is 5.56 Å². The maximum absolute atomic E-state index is 12.1. The van der Waals surface area contributed by atoms with Gasteiger partial charge in [-0.2, -0.15) is 0 Å². The number of aryl methyl sites for hydroxylation is 3. The number of anilines is 1. The first-order chi connectivity index (χ1) is 13.4. The number of hydrogen-bond acceptors (Lipinski definition) is 4. The van der Waals surface area contributed by atoms with Gasteiger partial charge in [0.25, 0.3) is 0 Å². The van der Waals surface area contributed by atoms with E-state index in [1.807, 2.05) is 37.4 Å². The minimum Gasteiger partial charge on any atom is -0.347 e. The molecule has 0 unspecified atom stereocenters. The smallest absolute Gasteiger partial charge is 0.313 e. The highest BCUT2D eigenvalue weighted by Crippen LogP contribution is 2.24. The molecule has 3 aromatic rings. The van der Waals surface area contributed by atoms with Gasteiger partial charge in [-0.3, -0.25) is 9.59 Å². The molecule has 0 aliphatic heterocycles. The van der Waals surface area contributed by atoms with E-state index in [0.29, 0.717) is 18.7 Å². The minimum absolute atomic E-state index is 0.357. The number of amides is 2. The van der Waals surface area contributed by atoms with E-state index in [2.05, 4.69) is 46.8 Å². The van der Waals surface area contributed by atoms with Gasteiger partial charge in [0.05, 0.1) is 5.69 Å². The van der Waals surface area contributed by atoms with E-state index in [4.69, 9.17) is 0 Å². The van der Waals surface area contributed by atoms with E-state index < -0.39 is 11.8 Å². The molecule has 0 radical (unpaired) electrons. The molecule has 0 spiro atoms. The lowest BCUT2D eigenvalue weighted by molar-refractivity contribution is -0.136. The molecule has 3 rings (SSSR count). The first-order valence-corrected chi connectivity index (χ1v) is 9.97. The molecule has 1 heterocycles. The number of carbonyl (C=O) groups excluding carboxylic acids is 2. The number of nitrogens with zero attached hydrogens (tertiary/aromatic N) is 1. The van der Waals surface area contributed by atoms with Crippen LogP contribution < -0.4 is 10.6 Å². The van der Waals surface area contributed by atoms with Crippen molar-refractivity contribution in [2.45, 2.75) is 27.2 Å². The third-order valence-corrected chi connectivity index (χ3v) is 5.14. The Morgan fingerprint density at radius 1 is 0.929 bits per heavy atom. The average Bonchev–Trinajstić information content (AvgIpc) is 3.10. The van der Waals surface area contributed by atoms with Gasteiger partial charge in [0.2, 0.25) is 0 Å². The molecule has 6 heteroatoms. The Balaban J connectivity index is 1.50. The topological polar surface area (TPSA) is 71.1 Å². The predicted octanol–water partition coefficient (Wildman–Crippen LogP) is 4.03. The lowest BCUT2D eigenvalue weighted by atomic mass is 10.1. The van der Waals surface area contributed by atoms with Gasteiger partial charge >= 0.3 is 11.8 Å². The molecule has 0 atom stereocenters. The number of aromatic nitrogens is 1. The van der Waals surface area contributed by atoms with Crippen molar-refractivity contribution in [3.05, 3.63) is 70.2 Å². The highest BCUT2D eigenvalue weighted by Gasteiger charge is 2.14. The van der Waals surface area contributed by atoms with Gasteiger partial charge in [0.1, 0.15) is 5.01 Å². The van der Waals surface area contributed by atoms with Gasteiger partial charge in [0.15, 0.2) is 0 Å². The molecule has 2 aromatic carbocycles. The zero-order chi connectivity index (χ0) is 20.1. The van der Waals surface area contributed by atoms with Crippen LogP contribution in [0.2, 0.25) is 0 Å². The summed E-state index contributed by atoms with van der Waals surface area (Å²) in [6, 6.07) is 13.9. The van der Waals surface area contributed by atoms with E-state index in [0.717, 1.165) is 27.4 Å². The van der Waals surface area contributed by atoms with Crippen LogP contribution in [0.3, 0.4) is 0 Å². The Labute approximate surface area is 168 Å². The van der Waals surface area contributed by atoms with Crippen molar-refractivity contribution in [2.75, 3.05) is 11.9 Å². The number of nitrogens with one attached hydrogen (secondary N) is 2. The van der Waals surface area contributed by atoms with Crippen molar-refractivity contribution in [3.8, 4) is 10.6 Å². The maximum atomic E-state index is 12.1. The Morgan fingerprint density at radius 3 is 2.29 bits per heavy atom. The van der Waals surface area contributed by atoms with Crippen molar-refractivity contribution in [1.29, 1.82) is 0 Å². The van der Waals surface area contributed by atoms with Crippen LogP contribution in [0.15, 0.2) is 47.8 Å². The summed E-state index contributed by atoms with van der Waals surface area (Å²) in [5, 5.41) is 8.22. The molecule has 0 aliphatic rings. The second-order valence-electron chi connectivity index (χ2n) is 6.85. The number of benzene rings is 2. The fourth-order valence-electron chi connectivity index (χ4n) is 2.87. The Hall–Kier alpha value is -2.99. The van der Waals surface area contributed by atoms with Crippen LogP contribution in [0.25, 0.3) is 10.6 Å². The molecular formula is C22H23N3O2S. The highest BCUT2D eigenvalue weighted by atomic mass is 32.1. The summed E-state index contributed by atoms with van der Waals surface area (Å²) in [7, 11) is 0. The van der Waals surface area contributed by atoms with Crippen LogP contribution >= 0.6 is 11.3 Å². The standard InChI is InChI=1S/C22H23N3O2S/c1-14-4-6-17(7-5-14)22-25-18(13-28-22)8-9-23-20(26)21(27)24-19-11-15(2)10-16(3)12-19/h4-7,10-13H,8-9H2,1-3H3,(H,23,26)(H,24,27). The predicted molar refractivity (Wildman–Crippen MR) is 114 cm³/mol. The molecule has 0 saturated carbocycles.